The van der Waals surface area contributed by atoms with Crippen LogP contribution in [0.5, 0.6) is 5.75 Å². The van der Waals surface area contributed by atoms with Crippen molar-refractivity contribution in [3.8, 4) is 17.1 Å². The summed E-state index contributed by atoms with van der Waals surface area (Å²) in [6, 6.07) is 14.3. The van der Waals surface area contributed by atoms with E-state index in [4.69, 9.17) is 13.9 Å². The van der Waals surface area contributed by atoms with Gasteiger partial charge in [0.2, 0.25) is 0 Å². The summed E-state index contributed by atoms with van der Waals surface area (Å²) in [6.45, 7) is 3.59. The molecule has 0 aliphatic heterocycles. The van der Waals surface area contributed by atoms with Crippen LogP contribution in [-0.2, 0) is 9.53 Å². The van der Waals surface area contributed by atoms with Crippen LogP contribution in [-0.4, -0.2) is 19.2 Å². The Kier molecular flexibility index (Phi) is 4.84. The zero-order valence-corrected chi connectivity index (χ0v) is 14.1. The largest absolute Gasteiger partial charge is 0.482 e. The maximum absolute atomic E-state index is 12.6. The molecule has 25 heavy (non-hydrogen) atoms. The number of benzene rings is 2. The fourth-order valence-corrected chi connectivity index (χ4v) is 2.57. The fraction of sp³-hybridized carbons (Fsp3) is 0.200. The van der Waals surface area contributed by atoms with Crippen molar-refractivity contribution in [3.05, 3.63) is 64.3 Å². The first-order chi connectivity index (χ1) is 12.1. The highest BCUT2D eigenvalue weighted by Gasteiger charge is 2.13. The van der Waals surface area contributed by atoms with Crippen molar-refractivity contribution in [3.63, 3.8) is 0 Å². The maximum Gasteiger partial charge on any atom is 0.344 e. The lowest BCUT2D eigenvalue weighted by molar-refractivity contribution is -0.145. The molecule has 0 bridgehead atoms. The van der Waals surface area contributed by atoms with Crippen LogP contribution in [0.3, 0.4) is 0 Å². The summed E-state index contributed by atoms with van der Waals surface area (Å²) in [6.07, 6.45) is 0. The molecule has 0 unspecified atom stereocenters. The molecule has 5 heteroatoms. The summed E-state index contributed by atoms with van der Waals surface area (Å²) in [5, 5.41) is 0.473. The second kappa shape index (κ2) is 7.21. The molecule has 0 amide bonds. The highest BCUT2D eigenvalue weighted by Crippen LogP contribution is 2.27. The molecular weight excluding hydrogens is 320 g/mol. The van der Waals surface area contributed by atoms with Crippen LogP contribution in [0.25, 0.3) is 22.3 Å². The zero-order valence-electron chi connectivity index (χ0n) is 14.1. The summed E-state index contributed by atoms with van der Waals surface area (Å²) >= 11 is 0. The van der Waals surface area contributed by atoms with E-state index >= 15 is 0 Å². The number of fused-ring (bicyclic) bond motifs is 1. The average Bonchev–Trinajstić information content (AvgIpc) is 2.64. The molecule has 0 atom stereocenters. The highest BCUT2D eigenvalue weighted by molar-refractivity contribution is 5.81. The van der Waals surface area contributed by atoms with Gasteiger partial charge in [-0.2, -0.15) is 0 Å². The van der Waals surface area contributed by atoms with Gasteiger partial charge in [-0.3, -0.25) is 4.79 Å². The van der Waals surface area contributed by atoms with Crippen molar-refractivity contribution in [1.82, 2.24) is 0 Å². The van der Waals surface area contributed by atoms with Gasteiger partial charge in [-0.25, -0.2) is 4.79 Å². The minimum atomic E-state index is -0.446. The standard InChI is InChI=1S/C20H18O5/c1-3-23-18(21)12-24-15-9-10-16-17(11-15)25-20(13(2)19(16)22)14-7-5-4-6-8-14/h4-11H,3,12H2,1-2H3. The quantitative estimate of drug-likeness (QED) is 0.664. The third-order valence-electron chi connectivity index (χ3n) is 3.79. The van der Waals surface area contributed by atoms with Crippen LogP contribution in [0, 0.1) is 6.92 Å². The number of ether oxygens (including phenoxy) is 2. The van der Waals surface area contributed by atoms with E-state index in [1.165, 1.54) is 0 Å². The molecule has 1 aromatic heterocycles. The van der Waals surface area contributed by atoms with Gasteiger partial charge in [-0.1, -0.05) is 30.3 Å². The average molecular weight is 338 g/mol. The Morgan fingerprint density at radius 3 is 2.60 bits per heavy atom. The van der Waals surface area contributed by atoms with Gasteiger partial charge in [0.1, 0.15) is 17.1 Å². The molecule has 0 saturated heterocycles. The van der Waals surface area contributed by atoms with Crippen LogP contribution in [0.4, 0.5) is 0 Å². The summed E-state index contributed by atoms with van der Waals surface area (Å²) < 4.78 is 16.2. The van der Waals surface area contributed by atoms with Crippen molar-refractivity contribution in [2.75, 3.05) is 13.2 Å². The SMILES string of the molecule is CCOC(=O)COc1ccc2c(=O)c(C)c(-c3ccccc3)oc2c1. The topological polar surface area (TPSA) is 65.7 Å². The fourth-order valence-electron chi connectivity index (χ4n) is 2.57. The van der Waals surface area contributed by atoms with Crippen molar-refractivity contribution >= 4 is 16.9 Å². The minimum absolute atomic E-state index is 0.0861. The van der Waals surface area contributed by atoms with Crippen molar-refractivity contribution in [1.29, 1.82) is 0 Å². The Bertz CT molecular complexity index is 957. The molecule has 0 aliphatic carbocycles. The van der Waals surface area contributed by atoms with Crippen molar-refractivity contribution in [2.45, 2.75) is 13.8 Å². The highest BCUT2D eigenvalue weighted by atomic mass is 16.6. The molecule has 2 aromatic carbocycles. The van der Waals surface area contributed by atoms with Gasteiger partial charge < -0.3 is 13.9 Å². The van der Waals surface area contributed by atoms with Gasteiger partial charge >= 0.3 is 5.97 Å². The monoisotopic (exact) mass is 338 g/mol. The van der Waals surface area contributed by atoms with E-state index in [2.05, 4.69) is 0 Å². The first-order valence-corrected chi connectivity index (χ1v) is 8.01. The first-order valence-electron chi connectivity index (χ1n) is 8.01. The maximum atomic E-state index is 12.6. The number of esters is 1. The molecule has 128 valence electrons. The third kappa shape index (κ3) is 3.55. The lowest BCUT2D eigenvalue weighted by Gasteiger charge is -2.09. The summed E-state index contributed by atoms with van der Waals surface area (Å²) in [7, 11) is 0. The molecule has 5 nitrogen and oxygen atoms in total. The first kappa shape index (κ1) is 16.8. The van der Waals surface area contributed by atoms with Gasteiger partial charge in [0.05, 0.1) is 12.0 Å². The van der Waals surface area contributed by atoms with E-state index in [0.717, 1.165) is 5.56 Å². The van der Waals surface area contributed by atoms with Crippen LogP contribution in [0.1, 0.15) is 12.5 Å². The second-order valence-electron chi connectivity index (χ2n) is 5.50. The molecule has 0 radical (unpaired) electrons. The minimum Gasteiger partial charge on any atom is -0.482 e. The van der Waals surface area contributed by atoms with Gasteiger partial charge in [0.25, 0.3) is 0 Å². The smallest absolute Gasteiger partial charge is 0.344 e. The molecule has 3 aromatic rings. The van der Waals surface area contributed by atoms with Crippen LogP contribution in [0.2, 0.25) is 0 Å². The lowest BCUT2D eigenvalue weighted by Crippen LogP contribution is -2.14. The Labute approximate surface area is 144 Å². The number of hydrogen-bond donors (Lipinski definition) is 0. The molecule has 0 N–H and O–H groups in total. The van der Waals surface area contributed by atoms with E-state index in [0.29, 0.717) is 34.6 Å². The van der Waals surface area contributed by atoms with E-state index in [-0.39, 0.29) is 12.0 Å². The second-order valence-corrected chi connectivity index (χ2v) is 5.50. The van der Waals surface area contributed by atoms with Crippen molar-refractivity contribution < 1.29 is 18.7 Å². The van der Waals surface area contributed by atoms with E-state index < -0.39 is 5.97 Å². The van der Waals surface area contributed by atoms with Crippen LogP contribution in [0.15, 0.2) is 57.7 Å². The van der Waals surface area contributed by atoms with Crippen LogP contribution >= 0.6 is 0 Å². The van der Waals surface area contributed by atoms with Crippen LogP contribution < -0.4 is 10.2 Å². The predicted octanol–water partition coefficient (Wildman–Crippen LogP) is 3.71. The zero-order chi connectivity index (χ0) is 17.8. The Hall–Kier alpha value is -3.08. The number of rotatable bonds is 5. The number of carbonyl (C=O) groups excluding carboxylic acids is 1. The van der Waals surface area contributed by atoms with E-state index in [1.54, 1.807) is 32.0 Å². The molecule has 3 rings (SSSR count). The van der Waals surface area contributed by atoms with E-state index in [9.17, 15) is 9.59 Å². The number of hydrogen-bond acceptors (Lipinski definition) is 5. The summed E-state index contributed by atoms with van der Waals surface area (Å²) in [4.78, 5) is 24.0. The Morgan fingerprint density at radius 1 is 1.12 bits per heavy atom. The molecule has 0 saturated carbocycles. The predicted molar refractivity (Wildman–Crippen MR) is 94.8 cm³/mol. The van der Waals surface area contributed by atoms with Gasteiger partial charge in [-0.15, -0.1) is 0 Å². The molecular formula is C20H18O5. The lowest BCUT2D eigenvalue weighted by atomic mass is 10.1. The van der Waals surface area contributed by atoms with Gasteiger partial charge in [-0.05, 0) is 26.0 Å². The molecule has 0 spiro atoms. The van der Waals surface area contributed by atoms with Gasteiger partial charge in [0.15, 0.2) is 12.0 Å². The normalized spacial score (nSPS) is 10.6. The Morgan fingerprint density at radius 2 is 1.88 bits per heavy atom. The molecule has 0 aliphatic rings. The Balaban J connectivity index is 2.00. The van der Waals surface area contributed by atoms with Crippen molar-refractivity contribution in [2.24, 2.45) is 0 Å². The third-order valence-corrected chi connectivity index (χ3v) is 3.79. The molecule has 0 fully saturated rings. The van der Waals surface area contributed by atoms with Gasteiger partial charge in [0, 0.05) is 17.2 Å². The summed E-state index contributed by atoms with van der Waals surface area (Å²) in [5.41, 5.74) is 1.71. The molecule has 1 heterocycles. The summed E-state index contributed by atoms with van der Waals surface area (Å²) in [5.74, 6) is 0.519. The van der Waals surface area contributed by atoms with E-state index in [1.807, 2.05) is 30.3 Å². The number of carbonyl (C=O) groups is 1.